The van der Waals surface area contributed by atoms with Gasteiger partial charge in [-0.3, -0.25) is 4.74 Å². The first kappa shape index (κ1) is 12.0. The fourth-order valence-electron chi connectivity index (χ4n) is 0.957. The Morgan fingerprint density at radius 3 is 2.80 bits per heavy atom. The van der Waals surface area contributed by atoms with E-state index in [2.05, 4.69) is 15.2 Å². The Morgan fingerprint density at radius 1 is 1.53 bits per heavy atom. The van der Waals surface area contributed by atoms with Gasteiger partial charge in [0.1, 0.15) is 5.76 Å². The van der Waals surface area contributed by atoms with Crippen LogP contribution in [0, 0.1) is 6.92 Å². The summed E-state index contributed by atoms with van der Waals surface area (Å²) in [6.07, 6.45) is -4.56. The largest absolute Gasteiger partial charge is 0.522 e. The minimum atomic E-state index is -4.56. The minimum Gasteiger partial charge on any atom is -0.361 e. The number of halogens is 3. The van der Waals surface area contributed by atoms with Gasteiger partial charge in [0.05, 0.1) is 12.3 Å². The van der Waals surface area contributed by atoms with Crippen molar-refractivity contribution in [2.45, 2.75) is 19.8 Å². The lowest BCUT2D eigenvalue weighted by Gasteiger charge is -2.06. The molecule has 0 aliphatic heterocycles. The molecular formula is C8H11F3N2O2. The van der Waals surface area contributed by atoms with Crippen molar-refractivity contribution >= 4 is 0 Å². The molecule has 0 atom stereocenters. The number of aromatic nitrogens is 1. The zero-order valence-corrected chi connectivity index (χ0v) is 8.10. The summed E-state index contributed by atoms with van der Waals surface area (Å²) in [6.45, 7) is 1.79. The van der Waals surface area contributed by atoms with Crippen molar-refractivity contribution in [3.05, 3.63) is 17.5 Å². The quantitative estimate of drug-likeness (QED) is 0.772. The topological polar surface area (TPSA) is 47.3 Å². The van der Waals surface area contributed by atoms with Gasteiger partial charge < -0.3 is 9.84 Å². The first-order chi connectivity index (χ1) is 6.97. The Hall–Kier alpha value is -1.08. The van der Waals surface area contributed by atoms with Gasteiger partial charge in [0.2, 0.25) is 0 Å². The second kappa shape index (κ2) is 5.13. The van der Waals surface area contributed by atoms with Crippen LogP contribution in [0.4, 0.5) is 13.2 Å². The summed E-state index contributed by atoms with van der Waals surface area (Å²) in [5, 5.41) is 6.40. The molecule has 7 heteroatoms. The molecule has 4 nitrogen and oxygen atoms in total. The second-order valence-corrected chi connectivity index (χ2v) is 2.90. The van der Waals surface area contributed by atoms with E-state index in [0.29, 0.717) is 18.0 Å². The maximum atomic E-state index is 11.5. The molecule has 0 aromatic carbocycles. The van der Waals surface area contributed by atoms with Crippen LogP contribution >= 0.6 is 0 Å². The fraction of sp³-hybridized carbons (Fsp3) is 0.625. The maximum absolute atomic E-state index is 11.5. The molecule has 0 aliphatic rings. The molecule has 0 unspecified atom stereocenters. The third-order valence-corrected chi connectivity index (χ3v) is 1.53. The number of alkyl halides is 3. The van der Waals surface area contributed by atoms with E-state index in [1.54, 1.807) is 13.0 Å². The highest BCUT2D eigenvalue weighted by molar-refractivity contribution is 5.02. The number of nitrogens with zero attached hydrogens (tertiary/aromatic N) is 1. The van der Waals surface area contributed by atoms with Crippen LogP contribution in [0.25, 0.3) is 0 Å². The Kier molecular flexibility index (Phi) is 4.10. The highest BCUT2D eigenvalue weighted by Gasteiger charge is 2.28. The van der Waals surface area contributed by atoms with Crippen LogP contribution < -0.4 is 5.32 Å². The molecule has 0 aliphatic carbocycles. The van der Waals surface area contributed by atoms with E-state index >= 15 is 0 Å². The predicted octanol–water partition coefficient (Wildman–Crippen LogP) is 1.61. The Labute approximate surface area is 84.4 Å². The molecule has 86 valence electrons. The Balaban J connectivity index is 2.07. The third-order valence-electron chi connectivity index (χ3n) is 1.53. The highest BCUT2D eigenvalue weighted by Crippen LogP contribution is 2.15. The lowest BCUT2D eigenvalue weighted by atomic mass is 10.4. The summed E-state index contributed by atoms with van der Waals surface area (Å²) < 4.78 is 42.9. The molecular weight excluding hydrogens is 213 g/mol. The van der Waals surface area contributed by atoms with Gasteiger partial charge in [-0.25, -0.2) is 0 Å². The van der Waals surface area contributed by atoms with Crippen molar-refractivity contribution in [3.63, 3.8) is 0 Å². The monoisotopic (exact) mass is 224 g/mol. The van der Waals surface area contributed by atoms with Crippen molar-refractivity contribution in [2.75, 3.05) is 13.2 Å². The van der Waals surface area contributed by atoms with Crippen molar-refractivity contribution in [1.29, 1.82) is 0 Å². The van der Waals surface area contributed by atoms with Gasteiger partial charge in [-0.1, -0.05) is 5.16 Å². The molecule has 0 bridgehead atoms. The second-order valence-electron chi connectivity index (χ2n) is 2.90. The molecule has 0 amide bonds. The fourth-order valence-corrected chi connectivity index (χ4v) is 0.957. The van der Waals surface area contributed by atoms with Crippen LogP contribution in [0.5, 0.6) is 0 Å². The van der Waals surface area contributed by atoms with E-state index < -0.39 is 13.0 Å². The van der Waals surface area contributed by atoms with Crippen molar-refractivity contribution in [3.8, 4) is 0 Å². The average molecular weight is 224 g/mol. The summed E-state index contributed by atoms with van der Waals surface area (Å²) in [7, 11) is 0. The van der Waals surface area contributed by atoms with Gasteiger partial charge in [0.15, 0.2) is 0 Å². The lowest BCUT2D eigenvalue weighted by Crippen LogP contribution is -2.24. The average Bonchev–Trinajstić information content (AvgIpc) is 2.49. The molecule has 1 N–H and O–H groups in total. The van der Waals surface area contributed by atoms with Gasteiger partial charge in [-0.15, -0.1) is 13.2 Å². The van der Waals surface area contributed by atoms with Crippen molar-refractivity contribution in [2.24, 2.45) is 0 Å². The summed E-state index contributed by atoms with van der Waals surface area (Å²) in [5.74, 6) is 0.665. The minimum absolute atomic E-state index is 0.103. The van der Waals surface area contributed by atoms with Crippen LogP contribution in [0.3, 0.4) is 0 Å². The van der Waals surface area contributed by atoms with Gasteiger partial charge in [0.25, 0.3) is 0 Å². The highest BCUT2D eigenvalue weighted by atomic mass is 19.4. The molecule has 15 heavy (non-hydrogen) atoms. The molecule has 1 rings (SSSR count). The first-order valence-electron chi connectivity index (χ1n) is 4.31. The molecule has 0 spiro atoms. The number of aryl methyl sites for hydroxylation is 1. The van der Waals surface area contributed by atoms with Gasteiger partial charge >= 0.3 is 6.36 Å². The van der Waals surface area contributed by atoms with E-state index in [0.717, 1.165) is 0 Å². The van der Waals surface area contributed by atoms with Crippen LogP contribution in [0.1, 0.15) is 11.5 Å². The molecule has 0 saturated heterocycles. The van der Waals surface area contributed by atoms with Crippen molar-refractivity contribution in [1.82, 2.24) is 10.5 Å². The SMILES string of the molecule is Cc1cc(CNCCOC(F)(F)F)no1. The molecule has 0 radical (unpaired) electrons. The van der Waals surface area contributed by atoms with E-state index in [1.165, 1.54) is 0 Å². The third kappa shape index (κ3) is 5.38. The Morgan fingerprint density at radius 2 is 2.27 bits per heavy atom. The zero-order chi connectivity index (χ0) is 11.3. The summed E-state index contributed by atoms with van der Waals surface area (Å²) >= 11 is 0. The normalized spacial score (nSPS) is 12.0. The molecule has 0 saturated carbocycles. The number of hydrogen-bond acceptors (Lipinski definition) is 4. The number of nitrogens with one attached hydrogen (secondary N) is 1. The van der Waals surface area contributed by atoms with Gasteiger partial charge in [0, 0.05) is 19.2 Å². The predicted molar refractivity (Wildman–Crippen MR) is 45.0 cm³/mol. The molecule has 1 aromatic heterocycles. The van der Waals surface area contributed by atoms with E-state index in [4.69, 9.17) is 4.52 Å². The van der Waals surface area contributed by atoms with Crippen LogP contribution in [-0.2, 0) is 11.3 Å². The van der Waals surface area contributed by atoms with E-state index in [-0.39, 0.29) is 6.54 Å². The van der Waals surface area contributed by atoms with E-state index in [9.17, 15) is 13.2 Å². The standard InChI is InChI=1S/C8H11F3N2O2/c1-6-4-7(13-15-6)5-12-2-3-14-8(9,10)11/h4,12H,2-3,5H2,1H3. The molecule has 0 fully saturated rings. The summed E-state index contributed by atoms with van der Waals surface area (Å²) in [5.41, 5.74) is 0.652. The number of hydrogen-bond donors (Lipinski definition) is 1. The van der Waals surface area contributed by atoms with Gasteiger partial charge in [-0.2, -0.15) is 0 Å². The molecule has 1 heterocycles. The number of rotatable bonds is 5. The zero-order valence-electron chi connectivity index (χ0n) is 8.10. The smallest absolute Gasteiger partial charge is 0.361 e. The van der Waals surface area contributed by atoms with Crippen LogP contribution in [0.15, 0.2) is 10.6 Å². The van der Waals surface area contributed by atoms with E-state index in [1.807, 2.05) is 0 Å². The maximum Gasteiger partial charge on any atom is 0.522 e. The summed E-state index contributed by atoms with van der Waals surface area (Å²) in [4.78, 5) is 0. The Bertz CT molecular complexity index is 298. The van der Waals surface area contributed by atoms with Crippen LogP contribution in [-0.4, -0.2) is 24.7 Å². The first-order valence-corrected chi connectivity index (χ1v) is 4.31. The number of ether oxygens (including phenoxy) is 1. The van der Waals surface area contributed by atoms with Crippen molar-refractivity contribution < 1.29 is 22.4 Å². The summed E-state index contributed by atoms with van der Waals surface area (Å²) in [6, 6.07) is 1.71. The van der Waals surface area contributed by atoms with Gasteiger partial charge in [-0.05, 0) is 6.92 Å². The van der Waals surface area contributed by atoms with Crippen LogP contribution in [0.2, 0.25) is 0 Å². The molecule has 1 aromatic rings. The lowest BCUT2D eigenvalue weighted by molar-refractivity contribution is -0.323.